The van der Waals surface area contributed by atoms with Crippen LogP contribution in [0.2, 0.25) is 0 Å². The minimum Gasteiger partial charge on any atom is -0.355 e. The van der Waals surface area contributed by atoms with E-state index in [0.29, 0.717) is 19.4 Å². The fourth-order valence-electron chi connectivity index (χ4n) is 0.878. The van der Waals surface area contributed by atoms with Crippen molar-refractivity contribution >= 4 is 5.91 Å². The molecule has 0 aliphatic rings. The SMILES string of the molecule is C#CCCCNC(=O)C(C)(C#N)CC. The van der Waals surface area contributed by atoms with Gasteiger partial charge in [-0.3, -0.25) is 4.79 Å². The summed E-state index contributed by atoms with van der Waals surface area (Å²) >= 11 is 0. The van der Waals surface area contributed by atoms with E-state index in [1.807, 2.05) is 13.0 Å². The van der Waals surface area contributed by atoms with Gasteiger partial charge >= 0.3 is 0 Å². The van der Waals surface area contributed by atoms with Crippen LogP contribution < -0.4 is 5.32 Å². The Bertz CT molecular complexity index is 272. The molecular formula is C11H16N2O. The zero-order valence-corrected chi connectivity index (χ0v) is 8.76. The molecule has 0 spiro atoms. The van der Waals surface area contributed by atoms with E-state index in [-0.39, 0.29) is 5.91 Å². The predicted octanol–water partition coefficient (Wildman–Crippen LogP) is 1.46. The lowest BCUT2D eigenvalue weighted by molar-refractivity contribution is -0.127. The molecule has 0 aliphatic heterocycles. The number of hydrogen-bond donors (Lipinski definition) is 1. The van der Waals surface area contributed by atoms with Gasteiger partial charge in [0, 0.05) is 13.0 Å². The van der Waals surface area contributed by atoms with E-state index in [1.165, 1.54) is 0 Å². The topological polar surface area (TPSA) is 52.9 Å². The van der Waals surface area contributed by atoms with Gasteiger partial charge in [0.15, 0.2) is 0 Å². The Kier molecular flexibility index (Phi) is 5.41. The summed E-state index contributed by atoms with van der Waals surface area (Å²) in [5.74, 6) is 2.28. The molecule has 1 N–H and O–H groups in total. The van der Waals surface area contributed by atoms with Gasteiger partial charge in [-0.2, -0.15) is 5.26 Å². The van der Waals surface area contributed by atoms with Gasteiger partial charge in [0.2, 0.25) is 5.91 Å². The highest BCUT2D eigenvalue weighted by molar-refractivity contribution is 5.84. The van der Waals surface area contributed by atoms with E-state index in [9.17, 15) is 4.79 Å². The lowest BCUT2D eigenvalue weighted by Crippen LogP contribution is -2.38. The van der Waals surface area contributed by atoms with Gasteiger partial charge < -0.3 is 5.32 Å². The van der Waals surface area contributed by atoms with Gasteiger partial charge in [0.1, 0.15) is 5.41 Å². The largest absolute Gasteiger partial charge is 0.355 e. The Morgan fingerprint density at radius 1 is 1.64 bits per heavy atom. The van der Waals surface area contributed by atoms with Crippen LogP contribution in [0, 0.1) is 29.1 Å². The van der Waals surface area contributed by atoms with Crippen molar-refractivity contribution in [3.8, 4) is 18.4 Å². The number of terminal acetylenes is 1. The average Bonchev–Trinajstić information content (AvgIpc) is 2.22. The number of nitriles is 1. The second-order valence-electron chi connectivity index (χ2n) is 3.36. The number of unbranched alkanes of at least 4 members (excludes halogenated alkanes) is 1. The molecule has 0 aromatic heterocycles. The van der Waals surface area contributed by atoms with Crippen LogP contribution in [-0.2, 0) is 4.79 Å². The molecule has 1 atom stereocenters. The third-order valence-corrected chi connectivity index (χ3v) is 2.24. The minimum absolute atomic E-state index is 0.209. The van der Waals surface area contributed by atoms with E-state index in [4.69, 9.17) is 11.7 Å². The molecule has 0 aliphatic carbocycles. The normalized spacial score (nSPS) is 13.4. The molecule has 76 valence electrons. The Balaban J connectivity index is 3.97. The van der Waals surface area contributed by atoms with Crippen molar-refractivity contribution in [1.82, 2.24) is 5.32 Å². The summed E-state index contributed by atoms with van der Waals surface area (Å²) in [6.07, 6.45) is 6.99. The standard InChI is InChI=1S/C11H16N2O/c1-4-6-7-8-13-10(14)11(3,5-2)9-12/h1H,5-8H2,2-3H3,(H,13,14). The third kappa shape index (κ3) is 3.49. The highest BCUT2D eigenvalue weighted by Crippen LogP contribution is 2.19. The molecule has 0 saturated heterocycles. The Labute approximate surface area is 85.5 Å². The molecule has 0 bridgehead atoms. The summed E-state index contributed by atoms with van der Waals surface area (Å²) in [6.45, 7) is 4.01. The maximum atomic E-state index is 11.5. The summed E-state index contributed by atoms with van der Waals surface area (Å²) in [5.41, 5.74) is -0.907. The first-order valence-corrected chi connectivity index (χ1v) is 4.73. The number of rotatable bonds is 5. The number of nitrogens with zero attached hydrogens (tertiary/aromatic N) is 1. The van der Waals surface area contributed by atoms with Crippen molar-refractivity contribution in [2.24, 2.45) is 5.41 Å². The van der Waals surface area contributed by atoms with Crippen molar-refractivity contribution < 1.29 is 4.79 Å². The maximum absolute atomic E-state index is 11.5. The molecule has 1 amide bonds. The fraction of sp³-hybridized carbons (Fsp3) is 0.636. The number of nitrogens with one attached hydrogen (secondary N) is 1. The van der Waals surface area contributed by atoms with E-state index in [2.05, 4.69) is 11.2 Å². The highest BCUT2D eigenvalue weighted by Gasteiger charge is 2.30. The first kappa shape index (κ1) is 12.5. The van der Waals surface area contributed by atoms with Gasteiger partial charge in [0.25, 0.3) is 0 Å². The molecule has 3 heteroatoms. The molecule has 1 unspecified atom stereocenters. The van der Waals surface area contributed by atoms with E-state index in [0.717, 1.165) is 6.42 Å². The Hall–Kier alpha value is -1.48. The predicted molar refractivity (Wildman–Crippen MR) is 55.1 cm³/mol. The van der Waals surface area contributed by atoms with Gasteiger partial charge in [-0.25, -0.2) is 0 Å². The first-order valence-electron chi connectivity index (χ1n) is 4.73. The van der Waals surface area contributed by atoms with Crippen molar-refractivity contribution in [3.05, 3.63) is 0 Å². The molecule has 0 rings (SSSR count). The first-order chi connectivity index (χ1) is 6.60. The molecule has 0 heterocycles. The van der Waals surface area contributed by atoms with E-state index < -0.39 is 5.41 Å². The molecule has 14 heavy (non-hydrogen) atoms. The summed E-state index contributed by atoms with van der Waals surface area (Å²) < 4.78 is 0. The van der Waals surface area contributed by atoms with Crippen LogP contribution in [0.3, 0.4) is 0 Å². The van der Waals surface area contributed by atoms with Crippen LogP contribution >= 0.6 is 0 Å². The number of carbonyl (C=O) groups is 1. The van der Waals surface area contributed by atoms with Gasteiger partial charge in [-0.1, -0.05) is 6.92 Å². The van der Waals surface area contributed by atoms with Gasteiger partial charge in [-0.15, -0.1) is 12.3 Å². The van der Waals surface area contributed by atoms with E-state index >= 15 is 0 Å². The fourth-order valence-corrected chi connectivity index (χ4v) is 0.878. The van der Waals surface area contributed by atoms with Crippen LogP contribution in [0.5, 0.6) is 0 Å². The van der Waals surface area contributed by atoms with Crippen LogP contribution in [0.25, 0.3) is 0 Å². The number of amides is 1. The highest BCUT2D eigenvalue weighted by atomic mass is 16.2. The quantitative estimate of drug-likeness (QED) is 0.529. The zero-order chi connectivity index (χ0) is 11.0. The second kappa shape index (κ2) is 6.05. The molecule has 0 aromatic rings. The summed E-state index contributed by atoms with van der Waals surface area (Å²) in [6, 6.07) is 2.02. The van der Waals surface area contributed by atoms with Gasteiger partial charge in [0.05, 0.1) is 6.07 Å². The minimum atomic E-state index is -0.907. The molecule has 3 nitrogen and oxygen atoms in total. The second-order valence-corrected chi connectivity index (χ2v) is 3.36. The molecular weight excluding hydrogens is 176 g/mol. The van der Waals surface area contributed by atoms with Crippen molar-refractivity contribution in [1.29, 1.82) is 5.26 Å². The molecule has 0 radical (unpaired) electrons. The van der Waals surface area contributed by atoms with Crippen LogP contribution in [0.15, 0.2) is 0 Å². The number of carbonyl (C=O) groups excluding carboxylic acids is 1. The van der Waals surface area contributed by atoms with Crippen molar-refractivity contribution in [2.75, 3.05) is 6.54 Å². The maximum Gasteiger partial charge on any atom is 0.240 e. The van der Waals surface area contributed by atoms with Gasteiger partial charge in [-0.05, 0) is 19.8 Å². The summed E-state index contributed by atoms with van der Waals surface area (Å²) in [4.78, 5) is 11.5. The summed E-state index contributed by atoms with van der Waals surface area (Å²) in [7, 11) is 0. The third-order valence-electron chi connectivity index (χ3n) is 2.24. The van der Waals surface area contributed by atoms with Crippen LogP contribution in [-0.4, -0.2) is 12.5 Å². The Morgan fingerprint density at radius 2 is 2.29 bits per heavy atom. The Morgan fingerprint density at radius 3 is 2.71 bits per heavy atom. The average molecular weight is 192 g/mol. The molecule has 0 fully saturated rings. The molecule has 0 aromatic carbocycles. The number of hydrogen-bond acceptors (Lipinski definition) is 2. The lowest BCUT2D eigenvalue weighted by atomic mass is 9.88. The zero-order valence-electron chi connectivity index (χ0n) is 8.76. The van der Waals surface area contributed by atoms with Crippen molar-refractivity contribution in [2.45, 2.75) is 33.1 Å². The van der Waals surface area contributed by atoms with Crippen molar-refractivity contribution in [3.63, 3.8) is 0 Å². The van der Waals surface area contributed by atoms with Crippen LogP contribution in [0.1, 0.15) is 33.1 Å². The monoisotopic (exact) mass is 192 g/mol. The molecule has 0 saturated carbocycles. The lowest BCUT2D eigenvalue weighted by Gasteiger charge is -2.18. The van der Waals surface area contributed by atoms with E-state index in [1.54, 1.807) is 6.92 Å². The summed E-state index contributed by atoms with van der Waals surface area (Å²) in [5, 5.41) is 11.5. The smallest absolute Gasteiger partial charge is 0.240 e. The van der Waals surface area contributed by atoms with Crippen LogP contribution in [0.4, 0.5) is 0 Å².